The first-order valence-electron chi connectivity index (χ1n) is 9.13. The van der Waals surface area contributed by atoms with Crippen LogP contribution in [0.3, 0.4) is 0 Å². The number of benzene rings is 2. The molecule has 1 aromatic heterocycles. The van der Waals surface area contributed by atoms with Crippen molar-refractivity contribution in [3.8, 4) is 5.75 Å². The quantitative estimate of drug-likeness (QED) is 0.671. The number of amides is 1. The third-order valence-electron chi connectivity index (χ3n) is 4.86. The molecule has 0 atom stereocenters. The summed E-state index contributed by atoms with van der Waals surface area (Å²) in [6.45, 7) is 4.02. The minimum absolute atomic E-state index is 0.0665. The van der Waals surface area contributed by atoms with Gasteiger partial charge in [0, 0.05) is 19.0 Å². The van der Waals surface area contributed by atoms with Crippen molar-refractivity contribution in [3.63, 3.8) is 0 Å². The number of carbonyl (C=O) groups is 1. The second-order valence-electron chi connectivity index (χ2n) is 6.52. The third-order valence-corrected chi connectivity index (χ3v) is 6.06. The van der Waals surface area contributed by atoms with Gasteiger partial charge in [-0.05, 0) is 44.0 Å². The Morgan fingerprint density at radius 1 is 1.15 bits per heavy atom. The summed E-state index contributed by atoms with van der Waals surface area (Å²) in [6, 6.07) is 15.8. The number of ether oxygens (including phenoxy) is 1. The molecule has 0 bridgehead atoms. The Bertz CT molecular complexity index is 880. The molecule has 1 aliphatic rings. The number of piperidine rings is 1. The van der Waals surface area contributed by atoms with E-state index in [-0.39, 0.29) is 5.91 Å². The molecule has 0 N–H and O–H groups in total. The molecule has 0 radical (unpaired) electrons. The molecule has 1 saturated heterocycles. The first-order chi connectivity index (χ1) is 12.8. The number of para-hydroxylation sites is 2. The number of nitrogens with zero attached hydrogens (tertiary/aromatic N) is 2. The van der Waals surface area contributed by atoms with Gasteiger partial charge in [-0.3, -0.25) is 4.79 Å². The summed E-state index contributed by atoms with van der Waals surface area (Å²) in [4.78, 5) is 19.7. The molecule has 1 fully saturated rings. The van der Waals surface area contributed by atoms with Crippen LogP contribution >= 0.6 is 11.3 Å². The SMILES string of the molecule is CCOc1ccccc1C(=O)N1CCC(c2nc3ccccc3s2)CC1. The number of hydrogen-bond acceptors (Lipinski definition) is 4. The van der Waals surface area contributed by atoms with E-state index in [4.69, 9.17) is 9.72 Å². The highest BCUT2D eigenvalue weighted by atomic mass is 32.1. The van der Waals surface area contributed by atoms with Crippen molar-refractivity contribution >= 4 is 27.5 Å². The summed E-state index contributed by atoms with van der Waals surface area (Å²) >= 11 is 1.78. The molecule has 1 aliphatic heterocycles. The number of aromatic nitrogens is 1. The van der Waals surface area contributed by atoms with E-state index in [1.807, 2.05) is 42.2 Å². The monoisotopic (exact) mass is 366 g/mol. The zero-order valence-electron chi connectivity index (χ0n) is 14.9. The van der Waals surface area contributed by atoms with E-state index in [2.05, 4.69) is 18.2 Å². The predicted molar refractivity (Wildman–Crippen MR) is 105 cm³/mol. The van der Waals surface area contributed by atoms with Crippen LogP contribution in [0.1, 0.15) is 41.0 Å². The Kier molecular flexibility index (Phi) is 4.89. The van der Waals surface area contributed by atoms with Gasteiger partial charge in [0.25, 0.3) is 5.91 Å². The third kappa shape index (κ3) is 3.31. The molecule has 5 heteroatoms. The van der Waals surface area contributed by atoms with Crippen LogP contribution in [0.4, 0.5) is 0 Å². The fourth-order valence-corrected chi connectivity index (χ4v) is 4.63. The largest absolute Gasteiger partial charge is 0.493 e. The normalized spacial score (nSPS) is 15.3. The van der Waals surface area contributed by atoms with Gasteiger partial charge in [-0.15, -0.1) is 11.3 Å². The van der Waals surface area contributed by atoms with E-state index in [9.17, 15) is 4.79 Å². The molecule has 4 rings (SSSR count). The standard InChI is InChI=1S/C21H22N2O2S/c1-2-25-18-9-5-3-7-16(18)21(24)23-13-11-15(12-14-23)20-22-17-8-4-6-10-19(17)26-20/h3-10,15H,2,11-14H2,1H3. The number of thiazole rings is 1. The lowest BCUT2D eigenvalue weighted by atomic mass is 9.97. The molecular weight excluding hydrogens is 344 g/mol. The van der Waals surface area contributed by atoms with Gasteiger partial charge in [-0.2, -0.15) is 0 Å². The van der Waals surface area contributed by atoms with Crippen molar-refractivity contribution in [2.75, 3.05) is 19.7 Å². The lowest BCUT2D eigenvalue weighted by Gasteiger charge is -2.31. The Morgan fingerprint density at radius 2 is 1.88 bits per heavy atom. The van der Waals surface area contributed by atoms with Crippen LogP contribution in [0.15, 0.2) is 48.5 Å². The highest BCUT2D eigenvalue weighted by molar-refractivity contribution is 7.18. The van der Waals surface area contributed by atoms with Crippen LogP contribution in [0.2, 0.25) is 0 Å². The molecule has 0 saturated carbocycles. The highest BCUT2D eigenvalue weighted by Gasteiger charge is 2.27. The van der Waals surface area contributed by atoms with Gasteiger partial charge >= 0.3 is 0 Å². The van der Waals surface area contributed by atoms with Crippen LogP contribution in [-0.2, 0) is 0 Å². The molecular formula is C21H22N2O2S. The molecule has 134 valence electrons. The Morgan fingerprint density at radius 3 is 2.65 bits per heavy atom. The molecule has 1 amide bonds. The molecule has 0 spiro atoms. The van der Waals surface area contributed by atoms with Crippen molar-refractivity contribution in [2.24, 2.45) is 0 Å². The summed E-state index contributed by atoms with van der Waals surface area (Å²) < 4.78 is 6.86. The minimum atomic E-state index is 0.0665. The minimum Gasteiger partial charge on any atom is -0.493 e. The van der Waals surface area contributed by atoms with Crippen molar-refractivity contribution in [3.05, 3.63) is 59.1 Å². The van der Waals surface area contributed by atoms with Gasteiger partial charge < -0.3 is 9.64 Å². The summed E-state index contributed by atoms with van der Waals surface area (Å²) in [6.07, 6.45) is 1.92. The lowest BCUT2D eigenvalue weighted by molar-refractivity contribution is 0.0709. The van der Waals surface area contributed by atoms with E-state index in [0.29, 0.717) is 23.8 Å². The van der Waals surface area contributed by atoms with Gasteiger partial charge in [-0.25, -0.2) is 4.98 Å². The molecule has 2 aromatic carbocycles. The Hall–Kier alpha value is -2.40. The van der Waals surface area contributed by atoms with Gasteiger partial charge in [0.05, 0.1) is 27.4 Å². The number of likely N-dealkylation sites (tertiary alicyclic amines) is 1. The van der Waals surface area contributed by atoms with Crippen LogP contribution in [0, 0.1) is 0 Å². The first kappa shape index (κ1) is 17.0. The summed E-state index contributed by atoms with van der Waals surface area (Å²) in [5, 5.41) is 1.20. The Labute approximate surface area is 157 Å². The zero-order valence-corrected chi connectivity index (χ0v) is 15.7. The van der Waals surface area contributed by atoms with Crippen molar-refractivity contribution in [1.29, 1.82) is 0 Å². The average Bonchev–Trinajstić information content (AvgIpc) is 3.12. The molecule has 0 aliphatic carbocycles. The Balaban J connectivity index is 1.45. The molecule has 26 heavy (non-hydrogen) atoms. The summed E-state index contributed by atoms with van der Waals surface area (Å²) in [7, 11) is 0. The van der Waals surface area contributed by atoms with E-state index < -0.39 is 0 Å². The van der Waals surface area contributed by atoms with Crippen molar-refractivity contribution in [1.82, 2.24) is 9.88 Å². The lowest BCUT2D eigenvalue weighted by Crippen LogP contribution is -2.38. The van der Waals surface area contributed by atoms with Crippen LogP contribution in [0.25, 0.3) is 10.2 Å². The zero-order chi connectivity index (χ0) is 17.9. The average molecular weight is 366 g/mol. The van der Waals surface area contributed by atoms with E-state index >= 15 is 0 Å². The number of fused-ring (bicyclic) bond motifs is 1. The van der Waals surface area contributed by atoms with E-state index in [1.54, 1.807) is 11.3 Å². The van der Waals surface area contributed by atoms with Crippen molar-refractivity contribution in [2.45, 2.75) is 25.7 Å². The smallest absolute Gasteiger partial charge is 0.257 e. The van der Waals surface area contributed by atoms with Gasteiger partial charge in [0.2, 0.25) is 0 Å². The van der Waals surface area contributed by atoms with E-state index in [0.717, 1.165) is 31.4 Å². The maximum Gasteiger partial charge on any atom is 0.257 e. The van der Waals surface area contributed by atoms with Crippen LogP contribution < -0.4 is 4.74 Å². The maximum absolute atomic E-state index is 12.9. The maximum atomic E-state index is 12.9. The van der Waals surface area contributed by atoms with E-state index in [1.165, 1.54) is 9.71 Å². The highest BCUT2D eigenvalue weighted by Crippen LogP contribution is 2.34. The fourth-order valence-electron chi connectivity index (χ4n) is 3.49. The molecule has 0 unspecified atom stereocenters. The van der Waals surface area contributed by atoms with Gasteiger partial charge in [0.15, 0.2) is 0 Å². The number of carbonyl (C=O) groups excluding carboxylic acids is 1. The second-order valence-corrected chi connectivity index (χ2v) is 7.58. The van der Waals surface area contributed by atoms with Crippen molar-refractivity contribution < 1.29 is 9.53 Å². The number of rotatable bonds is 4. The van der Waals surface area contributed by atoms with Crippen LogP contribution in [0.5, 0.6) is 5.75 Å². The summed E-state index contributed by atoms with van der Waals surface area (Å²) in [5.41, 5.74) is 1.74. The molecule has 3 aromatic rings. The topological polar surface area (TPSA) is 42.4 Å². The summed E-state index contributed by atoms with van der Waals surface area (Å²) in [5.74, 6) is 1.18. The fraction of sp³-hybridized carbons (Fsp3) is 0.333. The van der Waals surface area contributed by atoms with Gasteiger partial charge in [0.1, 0.15) is 5.75 Å². The number of hydrogen-bond donors (Lipinski definition) is 0. The van der Waals surface area contributed by atoms with Crippen LogP contribution in [-0.4, -0.2) is 35.5 Å². The molecule has 4 nitrogen and oxygen atoms in total. The molecule has 2 heterocycles. The first-order valence-corrected chi connectivity index (χ1v) is 9.94. The second kappa shape index (κ2) is 7.46. The predicted octanol–water partition coefficient (Wildman–Crippen LogP) is 4.71. The van der Waals surface area contributed by atoms with Gasteiger partial charge in [-0.1, -0.05) is 24.3 Å².